The van der Waals surface area contributed by atoms with E-state index in [-0.39, 0.29) is 18.4 Å². The molecular weight excluding hydrogens is 418 g/mol. The number of benzene rings is 4. The summed E-state index contributed by atoms with van der Waals surface area (Å²) in [5.41, 5.74) is 11.5. The molecule has 5 heteroatoms. The van der Waals surface area contributed by atoms with E-state index in [2.05, 4.69) is 36.4 Å². The lowest BCUT2D eigenvalue weighted by molar-refractivity contribution is 0.306. The number of nitrogens with two attached hydrogens (primary N) is 1. The largest absolute Gasteiger partial charge is 0.489 e. The molecule has 0 aromatic heterocycles. The summed E-state index contributed by atoms with van der Waals surface area (Å²) in [6, 6.07) is 28.5. The molecule has 0 spiro atoms. The highest BCUT2D eigenvalue weighted by Crippen LogP contribution is 2.37. The van der Waals surface area contributed by atoms with Crippen LogP contribution in [0.15, 0.2) is 84.9 Å². The predicted octanol–water partition coefficient (Wildman–Crippen LogP) is 6.22. The molecule has 0 amide bonds. The van der Waals surface area contributed by atoms with Crippen LogP contribution >= 0.6 is 12.4 Å². The van der Waals surface area contributed by atoms with Gasteiger partial charge in [0.1, 0.15) is 12.4 Å². The molecule has 0 saturated heterocycles. The van der Waals surface area contributed by atoms with Crippen LogP contribution < -0.4 is 15.4 Å². The van der Waals surface area contributed by atoms with Crippen LogP contribution in [-0.2, 0) is 13.2 Å². The fourth-order valence-electron chi connectivity index (χ4n) is 4.10. The number of guanidine groups is 1. The molecule has 0 aliphatic heterocycles. The van der Waals surface area contributed by atoms with Crippen LogP contribution in [0.25, 0.3) is 22.9 Å². The summed E-state index contributed by atoms with van der Waals surface area (Å²) in [6.45, 7) is 1.01. The van der Waals surface area contributed by atoms with Gasteiger partial charge in [-0.05, 0) is 45.8 Å². The maximum Gasteiger partial charge on any atom is 0.193 e. The Kier molecular flexibility index (Phi) is 6.15. The average Bonchev–Trinajstić information content (AvgIpc) is 3.22. The number of anilines is 1. The van der Waals surface area contributed by atoms with E-state index in [9.17, 15) is 0 Å². The minimum atomic E-state index is 0. The lowest BCUT2D eigenvalue weighted by atomic mass is 10.0. The van der Waals surface area contributed by atoms with E-state index < -0.39 is 0 Å². The van der Waals surface area contributed by atoms with Crippen LogP contribution in [0.3, 0.4) is 0 Å². The molecule has 0 radical (unpaired) electrons. The average molecular weight is 442 g/mol. The zero-order chi connectivity index (χ0) is 21.2. The van der Waals surface area contributed by atoms with Gasteiger partial charge in [0.2, 0.25) is 0 Å². The first-order valence-corrected chi connectivity index (χ1v) is 10.3. The van der Waals surface area contributed by atoms with Crippen LogP contribution in [0.4, 0.5) is 5.69 Å². The number of nitrogens with one attached hydrogen (secondary N) is 1. The topological polar surface area (TPSA) is 62.3 Å². The Hall–Kier alpha value is -3.76. The van der Waals surface area contributed by atoms with E-state index in [0.29, 0.717) is 13.2 Å². The molecule has 0 heterocycles. The maximum absolute atomic E-state index is 8.24. The molecule has 160 valence electrons. The normalized spacial score (nSPS) is 11.2. The lowest BCUT2D eigenvalue weighted by Crippen LogP contribution is -2.36. The van der Waals surface area contributed by atoms with Crippen molar-refractivity contribution in [2.75, 3.05) is 4.90 Å². The van der Waals surface area contributed by atoms with Crippen molar-refractivity contribution in [2.24, 2.45) is 5.73 Å². The summed E-state index contributed by atoms with van der Waals surface area (Å²) < 4.78 is 5.98. The van der Waals surface area contributed by atoms with Crippen LogP contribution in [0.2, 0.25) is 0 Å². The van der Waals surface area contributed by atoms with Gasteiger partial charge in [0.15, 0.2) is 5.96 Å². The summed E-state index contributed by atoms with van der Waals surface area (Å²) in [5, 5.41) is 10.6. The van der Waals surface area contributed by atoms with Crippen LogP contribution in [-0.4, -0.2) is 5.96 Å². The second-order valence-electron chi connectivity index (χ2n) is 7.67. The number of halogens is 1. The molecule has 0 fully saturated rings. The van der Waals surface area contributed by atoms with Crippen molar-refractivity contribution in [3.05, 3.63) is 107 Å². The Bertz CT molecular complexity index is 1290. The maximum atomic E-state index is 8.24. The summed E-state index contributed by atoms with van der Waals surface area (Å²) in [7, 11) is 0. The van der Waals surface area contributed by atoms with Gasteiger partial charge < -0.3 is 15.4 Å². The standard InChI is InChI=1S/C27H23N3O.ClH/c28-27(29)30(25-15-14-22-13-12-21-9-5-11-24(25)26(21)22)17-20-8-4-10-23(16-20)31-18-19-6-2-1-3-7-19;/h1-16H,17-18H2,(H3,28,29);1H. The van der Waals surface area contributed by atoms with E-state index >= 15 is 0 Å². The molecule has 0 unspecified atom stereocenters. The lowest BCUT2D eigenvalue weighted by Gasteiger charge is -2.25. The third-order valence-electron chi connectivity index (χ3n) is 5.59. The molecular formula is C27H24ClN3O. The van der Waals surface area contributed by atoms with Crippen LogP contribution in [0, 0.1) is 5.41 Å². The number of nitrogens with zero attached hydrogens (tertiary/aromatic N) is 1. The van der Waals surface area contributed by atoms with Crippen molar-refractivity contribution in [1.82, 2.24) is 0 Å². The smallest absolute Gasteiger partial charge is 0.193 e. The van der Waals surface area contributed by atoms with Gasteiger partial charge in [-0.3, -0.25) is 5.41 Å². The second kappa shape index (κ2) is 9.16. The molecule has 0 saturated carbocycles. The molecule has 3 N–H and O–H groups in total. The van der Waals surface area contributed by atoms with E-state index in [0.717, 1.165) is 28.0 Å². The van der Waals surface area contributed by atoms with Crippen molar-refractivity contribution >= 4 is 47.0 Å². The number of hydrogen-bond donors (Lipinski definition) is 2. The van der Waals surface area contributed by atoms with Gasteiger partial charge in [0, 0.05) is 5.39 Å². The summed E-state index contributed by atoms with van der Waals surface area (Å²) in [4.78, 5) is 1.84. The predicted molar refractivity (Wildman–Crippen MR) is 135 cm³/mol. The van der Waals surface area contributed by atoms with E-state index in [1.807, 2.05) is 65.6 Å². The van der Waals surface area contributed by atoms with E-state index in [1.165, 1.54) is 16.5 Å². The monoisotopic (exact) mass is 441 g/mol. The third-order valence-corrected chi connectivity index (χ3v) is 5.59. The zero-order valence-electron chi connectivity index (χ0n) is 17.5. The number of rotatable bonds is 6. The Morgan fingerprint density at radius 3 is 2.31 bits per heavy atom. The molecule has 32 heavy (non-hydrogen) atoms. The van der Waals surface area contributed by atoms with Crippen molar-refractivity contribution in [3.8, 4) is 5.75 Å². The zero-order valence-corrected chi connectivity index (χ0v) is 18.3. The highest BCUT2D eigenvalue weighted by molar-refractivity contribution is 6.12. The fraction of sp³-hybridized carbons (Fsp3) is 0.0741. The van der Waals surface area contributed by atoms with Gasteiger partial charge in [0.25, 0.3) is 0 Å². The molecule has 1 aliphatic carbocycles. The van der Waals surface area contributed by atoms with Crippen LogP contribution in [0.1, 0.15) is 22.3 Å². The minimum absolute atomic E-state index is 0. The van der Waals surface area contributed by atoms with Crippen molar-refractivity contribution in [2.45, 2.75) is 13.2 Å². The van der Waals surface area contributed by atoms with Gasteiger partial charge in [0.05, 0.1) is 12.2 Å². The van der Waals surface area contributed by atoms with E-state index in [1.54, 1.807) is 0 Å². The van der Waals surface area contributed by atoms with Crippen molar-refractivity contribution in [3.63, 3.8) is 0 Å². The SMILES string of the molecule is Cl.N=C(N)N(Cc1cccc(OCc2ccccc2)c1)c1ccc2c3c(cccc13)C=C2. The van der Waals surface area contributed by atoms with Gasteiger partial charge in [-0.15, -0.1) is 12.4 Å². The first-order chi connectivity index (χ1) is 15.2. The first kappa shape index (κ1) is 21.5. The van der Waals surface area contributed by atoms with Gasteiger partial charge >= 0.3 is 0 Å². The minimum Gasteiger partial charge on any atom is -0.489 e. The fourth-order valence-corrected chi connectivity index (χ4v) is 4.10. The Morgan fingerprint density at radius 2 is 1.53 bits per heavy atom. The van der Waals surface area contributed by atoms with Gasteiger partial charge in [-0.2, -0.15) is 0 Å². The van der Waals surface area contributed by atoms with Crippen LogP contribution in [0.5, 0.6) is 5.75 Å². The first-order valence-electron chi connectivity index (χ1n) is 10.3. The Balaban J connectivity index is 0.00000245. The summed E-state index contributed by atoms with van der Waals surface area (Å²) in [5.74, 6) is 0.816. The van der Waals surface area contributed by atoms with Crippen molar-refractivity contribution < 1.29 is 4.74 Å². The quantitative estimate of drug-likeness (QED) is 0.242. The van der Waals surface area contributed by atoms with Gasteiger partial charge in [-0.1, -0.05) is 78.9 Å². The molecule has 1 aliphatic rings. The second-order valence-corrected chi connectivity index (χ2v) is 7.67. The number of hydrogen-bond acceptors (Lipinski definition) is 2. The summed E-state index contributed by atoms with van der Waals surface area (Å²) >= 11 is 0. The highest BCUT2D eigenvalue weighted by Gasteiger charge is 2.18. The highest BCUT2D eigenvalue weighted by atomic mass is 35.5. The molecule has 4 nitrogen and oxygen atoms in total. The molecule has 4 aromatic rings. The van der Waals surface area contributed by atoms with Gasteiger partial charge in [-0.25, -0.2) is 0 Å². The van der Waals surface area contributed by atoms with Crippen molar-refractivity contribution in [1.29, 1.82) is 5.41 Å². The molecule has 0 bridgehead atoms. The Morgan fingerprint density at radius 1 is 0.812 bits per heavy atom. The molecule has 0 atom stereocenters. The molecule has 5 rings (SSSR count). The number of ether oxygens (including phenoxy) is 1. The molecule has 4 aromatic carbocycles. The summed E-state index contributed by atoms with van der Waals surface area (Å²) in [6.07, 6.45) is 4.26. The van der Waals surface area contributed by atoms with E-state index in [4.69, 9.17) is 15.9 Å². The Labute approximate surface area is 193 Å². The third kappa shape index (κ3) is 4.18.